The number of rotatable bonds is 8. The molecule has 1 aliphatic heterocycles. The van der Waals surface area contributed by atoms with Gasteiger partial charge in [-0.2, -0.15) is 5.10 Å². The summed E-state index contributed by atoms with van der Waals surface area (Å²) in [5.41, 5.74) is 7.80. The van der Waals surface area contributed by atoms with Crippen molar-refractivity contribution in [3.8, 4) is 5.75 Å². The van der Waals surface area contributed by atoms with Gasteiger partial charge in [0.1, 0.15) is 23.0 Å². The van der Waals surface area contributed by atoms with Crippen LogP contribution in [0.4, 0.5) is 5.82 Å². The Balaban J connectivity index is 1.42. The van der Waals surface area contributed by atoms with E-state index in [-0.39, 0.29) is 5.37 Å². The molecule has 0 aliphatic carbocycles. The van der Waals surface area contributed by atoms with Crippen molar-refractivity contribution in [2.45, 2.75) is 38.1 Å². The smallest absolute Gasteiger partial charge is 0.165 e. The first-order valence-corrected chi connectivity index (χ1v) is 11.4. The fourth-order valence-corrected chi connectivity index (χ4v) is 4.54. The van der Waals surface area contributed by atoms with Gasteiger partial charge in [-0.05, 0) is 38.3 Å². The van der Waals surface area contributed by atoms with Crippen molar-refractivity contribution in [1.82, 2.24) is 24.6 Å². The number of halogens is 2. The number of thioether (sulfide) groups is 1. The number of aromatic nitrogens is 4. The average Bonchev–Trinajstić information content (AvgIpc) is 3.30. The van der Waals surface area contributed by atoms with Crippen LogP contribution in [0.5, 0.6) is 5.75 Å². The highest BCUT2D eigenvalue weighted by atomic mass is 35.5. The van der Waals surface area contributed by atoms with Gasteiger partial charge in [0.2, 0.25) is 0 Å². The van der Waals surface area contributed by atoms with E-state index in [4.69, 9.17) is 39.5 Å². The minimum absolute atomic E-state index is 0.185. The van der Waals surface area contributed by atoms with Crippen molar-refractivity contribution >= 4 is 57.0 Å². The third-order valence-electron chi connectivity index (χ3n) is 4.86. The second-order valence-corrected chi connectivity index (χ2v) is 9.21. The number of nitrogen functional groups attached to an aromatic ring is 1. The van der Waals surface area contributed by atoms with Crippen LogP contribution in [0.25, 0.3) is 11.2 Å². The number of imidazole rings is 1. The highest BCUT2D eigenvalue weighted by Crippen LogP contribution is 2.34. The number of hydrazine groups is 1. The van der Waals surface area contributed by atoms with E-state index in [1.54, 1.807) is 24.2 Å². The van der Waals surface area contributed by atoms with Crippen LogP contribution >= 0.6 is 35.0 Å². The number of nitrogens with two attached hydrogens (primary N) is 2. The normalized spacial score (nSPS) is 16.2. The SMILES string of the molecule is C[C@H]1SC(CCCCOc2ccc(Cl)c(Cl)c2Cn2cnc3c(N)ncnc32)=NN1N. The number of anilines is 1. The fraction of sp³-hybridized carbons (Fsp3) is 0.368. The lowest BCUT2D eigenvalue weighted by molar-refractivity contribution is 0.298. The Hall–Kier alpha value is -2.27. The molecule has 0 saturated carbocycles. The van der Waals surface area contributed by atoms with Crippen molar-refractivity contribution < 1.29 is 4.74 Å². The number of fused-ring (bicyclic) bond motifs is 1. The molecule has 4 N–H and O–H groups in total. The maximum atomic E-state index is 6.51. The predicted molar refractivity (Wildman–Crippen MR) is 125 cm³/mol. The van der Waals surface area contributed by atoms with Crippen LogP contribution < -0.4 is 16.3 Å². The molecular formula is C19H22Cl2N8OS. The zero-order valence-electron chi connectivity index (χ0n) is 16.8. The first kappa shape index (κ1) is 21.9. The van der Waals surface area contributed by atoms with Gasteiger partial charge in [0.15, 0.2) is 11.5 Å². The van der Waals surface area contributed by atoms with Gasteiger partial charge in [0.25, 0.3) is 0 Å². The molecular weight excluding hydrogens is 459 g/mol. The number of unbranched alkanes of at least 4 members (excludes halogenated alkanes) is 1. The summed E-state index contributed by atoms with van der Waals surface area (Å²) in [5.74, 6) is 6.77. The highest BCUT2D eigenvalue weighted by Gasteiger charge is 2.20. The first-order valence-electron chi connectivity index (χ1n) is 9.73. The van der Waals surface area contributed by atoms with E-state index in [9.17, 15) is 0 Å². The molecule has 31 heavy (non-hydrogen) atoms. The summed E-state index contributed by atoms with van der Waals surface area (Å²) in [5, 5.41) is 7.96. The zero-order chi connectivity index (χ0) is 22.0. The number of hydrogen-bond acceptors (Lipinski definition) is 9. The van der Waals surface area contributed by atoms with Crippen LogP contribution in [0.2, 0.25) is 10.0 Å². The monoisotopic (exact) mass is 480 g/mol. The average molecular weight is 481 g/mol. The Kier molecular flexibility index (Phi) is 6.71. The van der Waals surface area contributed by atoms with Crippen molar-refractivity contribution in [3.63, 3.8) is 0 Å². The molecule has 1 aromatic carbocycles. The van der Waals surface area contributed by atoms with Gasteiger partial charge in [-0.25, -0.2) is 25.9 Å². The molecule has 0 spiro atoms. The first-order chi connectivity index (χ1) is 14.9. The molecule has 0 fully saturated rings. The van der Waals surface area contributed by atoms with Gasteiger partial charge in [0, 0.05) is 5.56 Å². The number of benzene rings is 1. The lowest BCUT2D eigenvalue weighted by atomic mass is 10.2. The van der Waals surface area contributed by atoms with E-state index in [0.29, 0.717) is 45.9 Å². The summed E-state index contributed by atoms with van der Waals surface area (Å²) in [6.07, 6.45) is 5.76. The molecule has 0 unspecified atom stereocenters. The number of ether oxygens (including phenoxy) is 1. The zero-order valence-corrected chi connectivity index (χ0v) is 19.2. The van der Waals surface area contributed by atoms with E-state index in [1.807, 2.05) is 17.6 Å². The molecule has 3 aromatic rings. The van der Waals surface area contributed by atoms with Gasteiger partial charge in [-0.1, -0.05) is 35.0 Å². The topological polar surface area (TPSA) is 120 Å². The van der Waals surface area contributed by atoms with Gasteiger partial charge >= 0.3 is 0 Å². The molecule has 0 bridgehead atoms. The van der Waals surface area contributed by atoms with Crippen LogP contribution in [0, 0.1) is 0 Å². The quantitative estimate of drug-likeness (QED) is 0.367. The summed E-state index contributed by atoms with van der Waals surface area (Å²) in [4.78, 5) is 12.6. The Morgan fingerprint density at radius 2 is 2.03 bits per heavy atom. The van der Waals surface area contributed by atoms with Gasteiger partial charge in [0.05, 0.1) is 34.6 Å². The van der Waals surface area contributed by atoms with Crippen LogP contribution in [-0.4, -0.2) is 41.7 Å². The summed E-state index contributed by atoms with van der Waals surface area (Å²) < 4.78 is 7.89. The maximum absolute atomic E-state index is 6.51. The second-order valence-electron chi connectivity index (χ2n) is 7.04. The molecule has 0 radical (unpaired) electrons. The van der Waals surface area contributed by atoms with Crippen LogP contribution in [0.1, 0.15) is 31.7 Å². The molecule has 4 rings (SSSR count). The van der Waals surface area contributed by atoms with Crippen molar-refractivity contribution in [2.75, 3.05) is 12.3 Å². The van der Waals surface area contributed by atoms with Gasteiger partial charge < -0.3 is 15.0 Å². The highest BCUT2D eigenvalue weighted by molar-refractivity contribution is 8.14. The lowest BCUT2D eigenvalue weighted by Crippen LogP contribution is -2.28. The molecule has 164 valence electrons. The Morgan fingerprint density at radius 1 is 1.19 bits per heavy atom. The van der Waals surface area contributed by atoms with Crippen molar-refractivity contribution in [3.05, 3.63) is 40.4 Å². The predicted octanol–water partition coefficient (Wildman–Crippen LogP) is 3.89. The molecule has 1 aliphatic rings. The van der Waals surface area contributed by atoms with E-state index < -0.39 is 0 Å². The Morgan fingerprint density at radius 3 is 2.81 bits per heavy atom. The largest absolute Gasteiger partial charge is 0.493 e. The minimum Gasteiger partial charge on any atom is -0.493 e. The molecule has 0 amide bonds. The molecule has 2 aromatic heterocycles. The summed E-state index contributed by atoms with van der Waals surface area (Å²) >= 11 is 14.5. The fourth-order valence-electron chi connectivity index (χ4n) is 3.20. The summed E-state index contributed by atoms with van der Waals surface area (Å²) in [6.45, 7) is 2.96. The van der Waals surface area contributed by atoms with Gasteiger partial charge in [-0.15, -0.1) is 0 Å². The van der Waals surface area contributed by atoms with Crippen LogP contribution in [-0.2, 0) is 6.54 Å². The van der Waals surface area contributed by atoms with E-state index in [2.05, 4.69) is 20.1 Å². The minimum atomic E-state index is 0.185. The van der Waals surface area contributed by atoms with E-state index >= 15 is 0 Å². The third kappa shape index (κ3) is 4.82. The number of hydrogen-bond donors (Lipinski definition) is 2. The molecule has 9 nitrogen and oxygen atoms in total. The lowest BCUT2D eigenvalue weighted by Gasteiger charge is -2.15. The van der Waals surface area contributed by atoms with E-state index in [1.165, 1.54) is 11.4 Å². The van der Waals surface area contributed by atoms with Gasteiger partial charge in [-0.3, -0.25) is 0 Å². The molecule has 0 saturated heterocycles. The van der Waals surface area contributed by atoms with Crippen molar-refractivity contribution in [2.24, 2.45) is 10.9 Å². The van der Waals surface area contributed by atoms with Crippen molar-refractivity contribution in [1.29, 1.82) is 0 Å². The Labute approximate surface area is 193 Å². The van der Waals surface area contributed by atoms with Crippen LogP contribution in [0.15, 0.2) is 29.9 Å². The second kappa shape index (κ2) is 9.47. The standard InChI is InChI=1S/C19H22Cl2N8OS/c1-11-29(23)27-15(31-11)4-2-3-7-30-14-6-5-13(20)16(21)12(14)8-28-10-26-17-18(22)24-9-25-19(17)28/h5-6,9-11H,2-4,7-8,23H2,1H3,(H2,22,24,25)/t11-/m1/s1. The van der Waals surface area contributed by atoms with E-state index in [0.717, 1.165) is 29.9 Å². The maximum Gasteiger partial charge on any atom is 0.165 e. The summed E-state index contributed by atoms with van der Waals surface area (Å²) in [6, 6.07) is 3.56. The molecule has 12 heteroatoms. The van der Waals surface area contributed by atoms with Crippen LogP contribution in [0.3, 0.4) is 0 Å². The number of nitrogens with zero attached hydrogens (tertiary/aromatic N) is 6. The molecule has 1 atom stereocenters. The summed E-state index contributed by atoms with van der Waals surface area (Å²) in [7, 11) is 0. The Bertz CT molecular complexity index is 1120. The number of hydrazone groups is 1. The molecule has 3 heterocycles. The third-order valence-corrected chi connectivity index (χ3v) is 6.82.